The first-order valence-corrected chi connectivity index (χ1v) is 9.47. The summed E-state index contributed by atoms with van der Waals surface area (Å²) in [5.41, 5.74) is 6.13. The summed E-state index contributed by atoms with van der Waals surface area (Å²) in [5.74, 6) is 0.341. The topological polar surface area (TPSA) is 62.7 Å². The lowest BCUT2D eigenvalue weighted by Crippen LogP contribution is -2.48. The molecule has 0 bridgehead atoms. The van der Waals surface area contributed by atoms with Gasteiger partial charge in [-0.3, -0.25) is 25.5 Å². The Morgan fingerprint density at radius 2 is 1.64 bits per heavy atom. The van der Waals surface area contributed by atoms with Crippen molar-refractivity contribution in [3.05, 3.63) is 65.7 Å². The van der Waals surface area contributed by atoms with Crippen LogP contribution in [0.15, 0.2) is 54.6 Å². The minimum Gasteiger partial charge on any atom is -0.369 e. The van der Waals surface area contributed by atoms with Crippen LogP contribution in [0, 0.1) is 5.41 Å². The van der Waals surface area contributed by atoms with Gasteiger partial charge in [0, 0.05) is 50.4 Å². The van der Waals surface area contributed by atoms with Crippen LogP contribution in [0.4, 0.5) is 5.69 Å². The zero-order chi connectivity index (χ0) is 18.6. The maximum Gasteiger partial charge on any atom is 0.239 e. The fraction of sp³-hybridized carbons (Fsp3) is 0.333. The Bertz CT molecular complexity index is 821. The van der Waals surface area contributed by atoms with Crippen molar-refractivity contribution in [2.45, 2.75) is 13.0 Å². The molecule has 0 unspecified atom stereocenters. The zero-order valence-electron chi connectivity index (χ0n) is 15.8. The summed E-state index contributed by atoms with van der Waals surface area (Å²) in [7, 11) is 0. The van der Waals surface area contributed by atoms with Crippen LogP contribution >= 0.6 is 17.0 Å². The number of para-hydroxylation sites is 1. The molecule has 148 valence electrons. The van der Waals surface area contributed by atoms with E-state index in [0.717, 1.165) is 43.9 Å². The van der Waals surface area contributed by atoms with Gasteiger partial charge in [0.2, 0.25) is 5.91 Å². The summed E-state index contributed by atoms with van der Waals surface area (Å²) >= 11 is 0. The van der Waals surface area contributed by atoms with Crippen LogP contribution in [0.3, 0.4) is 0 Å². The molecule has 0 radical (unpaired) electrons. The van der Waals surface area contributed by atoms with E-state index in [-0.39, 0.29) is 22.9 Å². The number of benzene rings is 2. The Hall–Kier alpha value is -2.38. The second-order valence-corrected chi connectivity index (χ2v) is 7.04. The Morgan fingerprint density at radius 1 is 0.964 bits per heavy atom. The molecule has 0 aliphatic carbocycles. The number of nitrogens with one attached hydrogen (secondary N) is 2. The molecule has 2 heterocycles. The molecule has 2 aliphatic heterocycles. The van der Waals surface area contributed by atoms with Crippen molar-refractivity contribution >= 4 is 34.4 Å². The molecule has 1 fully saturated rings. The number of amides is 1. The Kier molecular flexibility index (Phi) is 6.70. The summed E-state index contributed by atoms with van der Waals surface area (Å²) in [6.07, 6.45) is 0.450. The normalized spacial score (nSPS) is 16.5. The first-order valence-electron chi connectivity index (χ1n) is 9.47. The lowest BCUT2D eigenvalue weighted by Gasteiger charge is -2.36. The van der Waals surface area contributed by atoms with Gasteiger partial charge in [0.25, 0.3) is 0 Å². The largest absolute Gasteiger partial charge is 0.369 e. The van der Waals surface area contributed by atoms with Crippen LogP contribution in [0.1, 0.15) is 17.5 Å². The number of carbonyl (C=O) groups is 1. The summed E-state index contributed by atoms with van der Waals surface area (Å²) in [6.45, 7) is 5.22. The lowest BCUT2D eigenvalue weighted by atomic mass is 10.1. The number of piperazine rings is 1. The van der Waals surface area contributed by atoms with Gasteiger partial charge >= 0.3 is 0 Å². The van der Waals surface area contributed by atoms with Gasteiger partial charge in [-0.05, 0) is 17.7 Å². The molecular weight excluding hydrogens is 418 g/mol. The van der Waals surface area contributed by atoms with E-state index >= 15 is 0 Å². The number of hydrazine groups is 1. The van der Waals surface area contributed by atoms with Crippen molar-refractivity contribution in [2.75, 3.05) is 37.6 Å². The van der Waals surface area contributed by atoms with E-state index in [9.17, 15) is 4.79 Å². The van der Waals surface area contributed by atoms with Gasteiger partial charge < -0.3 is 4.90 Å². The monoisotopic (exact) mass is 443 g/mol. The first kappa shape index (κ1) is 20.4. The van der Waals surface area contributed by atoms with Crippen LogP contribution in [-0.4, -0.2) is 54.4 Å². The van der Waals surface area contributed by atoms with Gasteiger partial charge in [0.1, 0.15) is 5.84 Å². The van der Waals surface area contributed by atoms with Gasteiger partial charge in [-0.1, -0.05) is 42.5 Å². The highest BCUT2D eigenvalue weighted by Gasteiger charge is 2.25. The number of amidine groups is 1. The Labute approximate surface area is 176 Å². The number of carbonyl (C=O) groups excluding carboxylic acids is 1. The quantitative estimate of drug-likeness (QED) is 0.745. The summed E-state index contributed by atoms with van der Waals surface area (Å²) < 4.78 is 0. The SMILES string of the molecule is Br.N=C1c2ccccc2CN1NC(=O)CCN1CCN(c2ccccc2)CC1. The molecule has 0 saturated carbocycles. The van der Waals surface area contributed by atoms with Gasteiger partial charge in [-0.2, -0.15) is 0 Å². The smallest absolute Gasteiger partial charge is 0.239 e. The lowest BCUT2D eigenvalue weighted by molar-refractivity contribution is -0.124. The molecule has 4 rings (SSSR count). The molecule has 2 aromatic carbocycles. The highest BCUT2D eigenvalue weighted by atomic mass is 79.9. The van der Waals surface area contributed by atoms with Gasteiger partial charge in [-0.25, -0.2) is 0 Å². The molecule has 7 heteroatoms. The Balaban J connectivity index is 0.00000225. The van der Waals surface area contributed by atoms with E-state index in [2.05, 4.69) is 39.5 Å². The molecule has 28 heavy (non-hydrogen) atoms. The number of hydrogen-bond acceptors (Lipinski definition) is 4. The fourth-order valence-corrected chi connectivity index (χ4v) is 3.71. The standard InChI is InChI=1S/C21H25N5O.BrH/c22-21-19-9-5-4-6-17(19)16-26(21)23-20(27)10-11-24-12-14-25(15-13-24)18-7-2-1-3-8-18;/h1-9,22H,10-16H2,(H,23,27);1H. The molecule has 0 aromatic heterocycles. The van der Waals surface area contributed by atoms with Gasteiger partial charge in [0.15, 0.2) is 0 Å². The molecule has 6 nitrogen and oxygen atoms in total. The second kappa shape index (κ2) is 9.21. The second-order valence-electron chi connectivity index (χ2n) is 7.04. The summed E-state index contributed by atoms with van der Waals surface area (Å²) in [4.78, 5) is 17.1. The zero-order valence-corrected chi connectivity index (χ0v) is 17.5. The number of halogens is 1. The summed E-state index contributed by atoms with van der Waals surface area (Å²) in [6, 6.07) is 18.3. The van der Waals surface area contributed by atoms with Crippen molar-refractivity contribution in [3.8, 4) is 0 Å². The number of nitrogens with zero attached hydrogens (tertiary/aromatic N) is 3. The fourth-order valence-electron chi connectivity index (χ4n) is 3.71. The average molecular weight is 444 g/mol. The third-order valence-corrected chi connectivity index (χ3v) is 5.28. The molecular formula is C21H26BrN5O. The predicted octanol–water partition coefficient (Wildman–Crippen LogP) is 2.65. The minimum absolute atomic E-state index is 0. The molecule has 2 aliphatic rings. The molecule has 2 aromatic rings. The van der Waals surface area contributed by atoms with Crippen molar-refractivity contribution < 1.29 is 4.79 Å². The van der Waals surface area contributed by atoms with Crippen LogP contribution in [0.25, 0.3) is 0 Å². The van der Waals surface area contributed by atoms with E-state index in [0.29, 0.717) is 18.8 Å². The number of rotatable bonds is 5. The van der Waals surface area contributed by atoms with Gasteiger partial charge in [-0.15, -0.1) is 17.0 Å². The summed E-state index contributed by atoms with van der Waals surface area (Å²) in [5, 5.41) is 9.85. The van der Waals surface area contributed by atoms with Gasteiger partial charge in [0.05, 0.1) is 6.54 Å². The molecule has 0 spiro atoms. The third-order valence-electron chi connectivity index (χ3n) is 5.28. The van der Waals surface area contributed by atoms with Crippen LogP contribution in [-0.2, 0) is 11.3 Å². The van der Waals surface area contributed by atoms with E-state index in [1.807, 2.05) is 30.3 Å². The number of fused-ring (bicyclic) bond motifs is 1. The highest BCUT2D eigenvalue weighted by molar-refractivity contribution is 8.93. The van der Waals surface area contributed by atoms with Crippen molar-refractivity contribution in [1.82, 2.24) is 15.3 Å². The van der Waals surface area contributed by atoms with Crippen LogP contribution < -0.4 is 10.3 Å². The number of hydrogen-bond donors (Lipinski definition) is 2. The predicted molar refractivity (Wildman–Crippen MR) is 117 cm³/mol. The van der Waals surface area contributed by atoms with Crippen LogP contribution in [0.5, 0.6) is 0 Å². The molecule has 0 atom stereocenters. The highest BCUT2D eigenvalue weighted by Crippen LogP contribution is 2.20. The molecule has 2 N–H and O–H groups in total. The van der Waals surface area contributed by atoms with Crippen molar-refractivity contribution in [2.24, 2.45) is 0 Å². The maximum absolute atomic E-state index is 12.3. The number of anilines is 1. The van der Waals surface area contributed by atoms with E-state index < -0.39 is 0 Å². The average Bonchev–Trinajstić information content (AvgIpc) is 3.03. The van der Waals surface area contributed by atoms with Crippen molar-refractivity contribution in [3.63, 3.8) is 0 Å². The van der Waals surface area contributed by atoms with Crippen LogP contribution in [0.2, 0.25) is 0 Å². The van der Waals surface area contributed by atoms with E-state index in [4.69, 9.17) is 5.41 Å². The molecule has 1 amide bonds. The minimum atomic E-state index is -0.0296. The maximum atomic E-state index is 12.3. The first-order chi connectivity index (χ1) is 13.2. The third kappa shape index (κ3) is 4.54. The van der Waals surface area contributed by atoms with E-state index in [1.165, 1.54) is 5.69 Å². The Morgan fingerprint density at radius 3 is 2.36 bits per heavy atom. The van der Waals surface area contributed by atoms with E-state index in [1.54, 1.807) is 5.01 Å². The molecule has 1 saturated heterocycles. The van der Waals surface area contributed by atoms with Crippen molar-refractivity contribution in [1.29, 1.82) is 5.41 Å².